The lowest BCUT2D eigenvalue weighted by Crippen LogP contribution is -2.63. The van der Waals surface area contributed by atoms with Gasteiger partial charge in [-0.3, -0.25) is 0 Å². The molecule has 7 rings (SSSR count). The van der Waals surface area contributed by atoms with E-state index in [0.717, 1.165) is 36.2 Å². The summed E-state index contributed by atoms with van der Waals surface area (Å²) < 4.78 is 27.9. The fourth-order valence-electron chi connectivity index (χ4n) is 9.44. The molecule has 2 N–H and O–H groups in total. The Hall–Kier alpha value is -2.55. The quantitative estimate of drug-likeness (QED) is 0.591. The predicted octanol–water partition coefficient (Wildman–Crippen LogP) is 4.75. The molecule has 3 saturated carbocycles. The van der Waals surface area contributed by atoms with E-state index in [2.05, 4.69) is 18.1 Å². The van der Waals surface area contributed by atoms with Crippen molar-refractivity contribution in [3.05, 3.63) is 53.1 Å². The normalized spacial score (nSPS) is 42.4. The molecule has 1 aromatic heterocycles. The van der Waals surface area contributed by atoms with Gasteiger partial charge >= 0.3 is 5.97 Å². The molecule has 8 heteroatoms. The number of halogens is 1. The van der Waals surface area contributed by atoms with Crippen LogP contribution in [0.2, 0.25) is 0 Å². The average molecular weight is 523 g/mol. The molecule has 4 aliphatic carbocycles. The first kappa shape index (κ1) is 24.5. The van der Waals surface area contributed by atoms with Crippen molar-refractivity contribution in [1.29, 1.82) is 0 Å². The van der Waals surface area contributed by atoms with E-state index in [9.17, 15) is 19.4 Å². The molecule has 0 unspecified atom stereocenters. The zero-order chi connectivity index (χ0) is 26.8. The third-order valence-electron chi connectivity index (χ3n) is 10.8. The van der Waals surface area contributed by atoms with Gasteiger partial charge in [-0.15, -0.1) is 0 Å². The molecule has 202 valence electrons. The number of nitrogens with zero attached hydrogens (tertiary/aromatic N) is 2. The van der Waals surface area contributed by atoms with E-state index in [1.54, 1.807) is 26.0 Å². The van der Waals surface area contributed by atoms with Crippen LogP contribution in [0.1, 0.15) is 64.6 Å². The number of rotatable bonds is 2. The fraction of sp³-hybridized carbons (Fsp3) is 0.600. The summed E-state index contributed by atoms with van der Waals surface area (Å²) in [6.07, 6.45) is 6.43. The van der Waals surface area contributed by atoms with E-state index >= 15 is 0 Å². The van der Waals surface area contributed by atoms with Gasteiger partial charge in [0.15, 0.2) is 11.4 Å². The third-order valence-corrected chi connectivity index (χ3v) is 10.8. The van der Waals surface area contributed by atoms with Gasteiger partial charge in [-0.2, -0.15) is 5.10 Å². The van der Waals surface area contributed by atoms with Gasteiger partial charge in [0.25, 0.3) is 0 Å². The number of carbonyl (C=O) groups is 1. The van der Waals surface area contributed by atoms with Crippen LogP contribution in [0.25, 0.3) is 11.8 Å². The second-order valence-electron chi connectivity index (χ2n) is 13.1. The molecule has 2 aromatic rings. The summed E-state index contributed by atoms with van der Waals surface area (Å²) in [5.41, 5.74) is 1.79. The maximum absolute atomic E-state index is 13.5. The van der Waals surface area contributed by atoms with Crippen LogP contribution >= 0.6 is 0 Å². The standard InChI is InChI=1S/C30H35FN2O5/c1-27(2)37-24-12-21-20-10-5-17-11-22-16(15-32-33(22)19-8-6-18(31)7-9-19)13-28(17,3)25(20)23(34)14-29(21,4)30(24,38-27)26(35)36/h6-9,11,15,20-21,23-25,34H,5,10,12-14H2,1-4H3,(H,35,36)/t20-,21-,23-,24+,25+,28-,29-,30-/m0/s1. The van der Waals surface area contributed by atoms with E-state index in [-0.39, 0.29) is 29.0 Å². The summed E-state index contributed by atoms with van der Waals surface area (Å²) in [6, 6.07) is 6.36. The van der Waals surface area contributed by atoms with Crippen LogP contribution in [0.15, 0.2) is 36.0 Å². The van der Waals surface area contributed by atoms with E-state index < -0.39 is 35.0 Å². The first-order chi connectivity index (χ1) is 17.9. The minimum Gasteiger partial charge on any atom is -0.479 e. The van der Waals surface area contributed by atoms with Gasteiger partial charge in [-0.05, 0) is 105 Å². The largest absolute Gasteiger partial charge is 0.479 e. The minimum atomic E-state index is -1.46. The first-order valence-electron chi connectivity index (χ1n) is 13.7. The number of hydrogen-bond acceptors (Lipinski definition) is 5. The molecule has 0 spiro atoms. The maximum atomic E-state index is 13.5. The van der Waals surface area contributed by atoms with Crippen molar-refractivity contribution in [3.63, 3.8) is 0 Å². The minimum absolute atomic E-state index is 0.000535. The van der Waals surface area contributed by atoms with Crippen LogP contribution in [0.5, 0.6) is 0 Å². The first-order valence-corrected chi connectivity index (χ1v) is 13.7. The van der Waals surface area contributed by atoms with E-state index in [4.69, 9.17) is 9.47 Å². The van der Waals surface area contributed by atoms with Crippen molar-refractivity contribution in [2.75, 3.05) is 0 Å². The van der Waals surface area contributed by atoms with Crippen molar-refractivity contribution >= 4 is 12.0 Å². The number of ether oxygens (including phenoxy) is 2. The highest BCUT2D eigenvalue weighted by Gasteiger charge is 2.77. The van der Waals surface area contributed by atoms with Crippen molar-refractivity contribution in [2.45, 2.75) is 83.4 Å². The van der Waals surface area contributed by atoms with Crippen molar-refractivity contribution in [1.82, 2.24) is 9.78 Å². The Balaban J connectivity index is 1.26. The van der Waals surface area contributed by atoms with Crippen LogP contribution in [-0.2, 0) is 20.7 Å². The Labute approximate surface area is 221 Å². The molecule has 1 aromatic carbocycles. The lowest BCUT2D eigenvalue weighted by atomic mass is 9.45. The van der Waals surface area contributed by atoms with Gasteiger partial charge in [-0.25, -0.2) is 13.9 Å². The maximum Gasteiger partial charge on any atom is 0.339 e. The topological polar surface area (TPSA) is 93.8 Å². The molecule has 0 radical (unpaired) electrons. The number of carboxylic acids is 1. The molecule has 8 atom stereocenters. The van der Waals surface area contributed by atoms with E-state index in [1.165, 1.54) is 17.7 Å². The number of allylic oxidation sites excluding steroid dienone is 1. The van der Waals surface area contributed by atoms with Crippen LogP contribution < -0.4 is 0 Å². The molecule has 4 fully saturated rings. The number of aliphatic carboxylic acids is 1. The van der Waals surface area contributed by atoms with Crippen LogP contribution in [0, 0.1) is 34.4 Å². The highest BCUT2D eigenvalue weighted by molar-refractivity contribution is 5.81. The zero-order valence-electron chi connectivity index (χ0n) is 22.3. The second-order valence-corrected chi connectivity index (χ2v) is 13.1. The summed E-state index contributed by atoms with van der Waals surface area (Å²) in [4.78, 5) is 12.9. The molecule has 1 aliphatic heterocycles. The molecule has 0 bridgehead atoms. The molecular weight excluding hydrogens is 487 g/mol. The summed E-state index contributed by atoms with van der Waals surface area (Å²) in [5.74, 6) is -2.00. The summed E-state index contributed by atoms with van der Waals surface area (Å²) in [7, 11) is 0. The Morgan fingerprint density at radius 3 is 2.63 bits per heavy atom. The number of carboxylic acid groups (broad SMARTS) is 1. The molecule has 1 saturated heterocycles. The predicted molar refractivity (Wildman–Crippen MR) is 137 cm³/mol. The molecule has 5 aliphatic rings. The van der Waals surface area contributed by atoms with Gasteiger partial charge in [-0.1, -0.05) is 19.4 Å². The molecule has 38 heavy (non-hydrogen) atoms. The second kappa shape index (κ2) is 7.55. The van der Waals surface area contributed by atoms with Gasteiger partial charge in [0.1, 0.15) is 11.9 Å². The van der Waals surface area contributed by atoms with Crippen molar-refractivity contribution in [2.24, 2.45) is 28.6 Å². The van der Waals surface area contributed by atoms with Gasteiger partial charge in [0.05, 0.1) is 23.7 Å². The SMILES string of the molecule is CC1(C)O[C@@H]2C[C@H]3[C@@H]4CCC5=Cc6c(cnn6-c6ccc(F)cc6)C[C@]5(C)[C@H]4[C@@H](O)C[C@]3(C)[C@]2(C(=O)O)O1. The van der Waals surface area contributed by atoms with Crippen LogP contribution in [-0.4, -0.2) is 49.6 Å². The fourth-order valence-corrected chi connectivity index (χ4v) is 9.44. The van der Waals surface area contributed by atoms with E-state index in [0.29, 0.717) is 12.8 Å². The average Bonchev–Trinajstić information content (AvgIpc) is 3.44. The van der Waals surface area contributed by atoms with Gasteiger partial charge < -0.3 is 19.7 Å². The number of aliphatic hydroxyl groups excluding tert-OH is 1. The Morgan fingerprint density at radius 2 is 1.92 bits per heavy atom. The smallest absolute Gasteiger partial charge is 0.339 e. The van der Waals surface area contributed by atoms with Crippen molar-refractivity contribution < 1.29 is 28.9 Å². The Morgan fingerprint density at radius 1 is 1.18 bits per heavy atom. The molecular formula is C30H35FN2O5. The zero-order valence-corrected chi connectivity index (χ0v) is 22.3. The summed E-state index contributed by atoms with van der Waals surface area (Å²) >= 11 is 0. The molecule has 7 nitrogen and oxygen atoms in total. The lowest BCUT2D eigenvalue weighted by Gasteiger charge is -2.60. The van der Waals surface area contributed by atoms with Crippen molar-refractivity contribution in [3.8, 4) is 5.69 Å². The van der Waals surface area contributed by atoms with Gasteiger partial charge in [0, 0.05) is 5.41 Å². The molecule has 2 heterocycles. The van der Waals surface area contributed by atoms with Crippen LogP contribution in [0.3, 0.4) is 0 Å². The Kier molecular flexibility index (Phi) is 4.87. The number of aliphatic hydroxyl groups is 1. The molecule has 0 amide bonds. The highest BCUT2D eigenvalue weighted by atomic mass is 19.1. The number of fused-ring (bicyclic) bond motifs is 8. The Bertz CT molecular complexity index is 1370. The van der Waals surface area contributed by atoms with Crippen LogP contribution in [0.4, 0.5) is 4.39 Å². The lowest BCUT2D eigenvalue weighted by molar-refractivity contribution is -0.234. The number of benzene rings is 1. The third kappa shape index (κ3) is 2.94. The number of hydrogen-bond donors (Lipinski definition) is 2. The number of aromatic nitrogens is 2. The summed E-state index contributed by atoms with van der Waals surface area (Å²) in [6.45, 7) is 7.83. The highest BCUT2D eigenvalue weighted by Crippen LogP contribution is 2.70. The summed E-state index contributed by atoms with van der Waals surface area (Å²) in [5, 5.41) is 27.0. The monoisotopic (exact) mass is 522 g/mol. The van der Waals surface area contributed by atoms with Gasteiger partial charge in [0.2, 0.25) is 0 Å². The van der Waals surface area contributed by atoms with E-state index in [1.807, 2.05) is 17.8 Å².